The van der Waals surface area contributed by atoms with Crippen molar-refractivity contribution in [3.63, 3.8) is 0 Å². The van der Waals surface area contributed by atoms with E-state index in [1.165, 1.54) is 0 Å². The molecule has 0 aliphatic rings. The summed E-state index contributed by atoms with van der Waals surface area (Å²) in [5, 5.41) is 2.00. The number of halogens is 4. The Morgan fingerprint density at radius 1 is 1.57 bits per heavy atom. The molecule has 7 heteroatoms. The maximum atomic E-state index is 12.2. The van der Waals surface area contributed by atoms with Gasteiger partial charge in [-0.1, -0.05) is 22.5 Å². The van der Waals surface area contributed by atoms with Crippen molar-refractivity contribution in [1.29, 1.82) is 0 Å². The van der Waals surface area contributed by atoms with Gasteiger partial charge in [0.25, 0.3) is 0 Å². The van der Waals surface area contributed by atoms with Gasteiger partial charge < -0.3 is 11.1 Å². The molecule has 3 nitrogen and oxygen atoms in total. The van der Waals surface area contributed by atoms with Gasteiger partial charge in [0.1, 0.15) is 0 Å². The van der Waals surface area contributed by atoms with E-state index in [1.54, 1.807) is 0 Å². The van der Waals surface area contributed by atoms with Crippen LogP contribution in [0.4, 0.5) is 13.2 Å². The molecular formula is C7H10BrF3N2O. The summed E-state index contributed by atoms with van der Waals surface area (Å²) in [5.74, 6) is -1.29. The summed E-state index contributed by atoms with van der Waals surface area (Å²) in [6, 6.07) is 0. The van der Waals surface area contributed by atoms with Crippen LogP contribution in [0.2, 0.25) is 0 Å². The fraction of sp³-hybridized carbons (Fsp3) is 0.571. The minimum atomic E-state index is -4.77. The Bertz CT molecular complexity index is 250. The zero-order valence-corrected chi connectivity index (χ0v) is 9.00. The first kappa shape index (κ1) is 13.4. The molecule has 0 fully saturated rings. The van der Waals surface area contributed by atoms with Crippen molar-refractivity contribution in [2.45, 2.75) is 18.6 Å². The molecule has 82 valence electrons. The third-order valence-corrected chi connectivity index (χ3v) is 1.78. The highest BCUT2D eigenvalue weighted by atomic mass is 79.9. The number of nitrogens with two attached hydrogens (primary N) is 1. The van der Waals surface area contributed by atoms with E-state index in [4.69, 9.17) is 5.73 Å². The van der Waals surface area contributed by atoms with Crippen LogP contribution in [0.15, 0.2) is 11.1 Å². The van der Waals surface area contributed by atoms with E-state index < -0.39 is 17.6 Å². The van der Waals surface area contributed by atoms with Crippen LogP contribution in [0, 0.1) is 0 Å². The summed E-state index contributed by atoms with van der Waals surface area (Å²) in [7, 11) is 0. The molecule has 3 N–H and O–H groups in total. The molecule has 1 atom stereocenters. The summed E-state index contributed by atoms with van der Waals surface area (Å²) < 4.78 is 36.9. The number of hydrogen-bond donors (Lipinski definition) is 2. The third-order valence-electron chi connectivity index (χ3n) is 1.50. The molecule has 0 radical (unpaired) electrons. The zero-order chi connectivity index (χ0) is 11.6. The Balaban J connectivity index is 4.45. The van der Waals surface area contributed by atoms with Crippen LogP contribution < -0.4 is 11.1 Å². The Morgan fingerprint density at radius 3 is 2.29 bits per heavy atom. The van der Waals surface area contributed by atoms with Gasteiger partial charge in [-0.15, -0.1) is 0 Å². The van der Waals surface area contributed by atoms with E-state index in [0.29, 0.717) is 11.4 Å². The molecule has 0 rings (SSSR count). The fourth-order valence-corrected chi connectivity index (χ4v) is 0.629. The van der Waals surface area contributed by atoms with E-state index in [-0.39, 0.29) is 6.54 Å². The van der Waals surface area contributed by atoms with E-state index in [9.17, 15) is 18.0 Å². The Kier molecular flexibility index (Phi) is 4.14. The second-order valence-corrected chi connectivity index (χ2v) is 4.02. The number of nitrogens with one attached hydrogen (secondary N) is 1. The van der Waals surface area contributed by atoms with Gasteiger partial charge in [-0.3, -0.25) is 4.79 Å². The standard InChI is InChI=1S/C7H10BrF3N2O/c1-4(8)3-13-5(14)6(2,12)7(9,10)11/h1,3,12H2,2H3,(H,13,14). The van der Waals surface area contributed by atoms with Gasteiger partial charge in [0.15, 0.2) is 5.54 Å². The molecule has 0 heterocycles. The SMILES string of the molecule is C=C(Br)CNC(=O)C(C)(N)C(F)(F)F. The van der Waals surface area contributed by atoms with Crippen molar-refractivity contribution in [3.8, 4) is 0 Å². The van der Waals surface area contributed by atoms with E-state index in [2.05, 4.69) is 22.5 Å². The molecule has 0 aliphatic carbocycles. The molecule has 0 saturated carbocycles. The molecule has 0 aromatic heterocycles. The lowest BCUT2D eigenvalue weighted by Gasteiger charge is -2.25. The highest BCUT2D eigenvalue weighted by Crippen LogP contribution is 2.27. The molecule has 0 spiro atoms. The van der Waals surface area contributed by atoms with Gasteiger partial charge in [-0.2, -0.15) is 13.2 Å². The van der Waals surface area contributed by atoms with Gasteiger partial charge in [-0.05, 0) is 6.92 Å². The maximum absolute atomic E-state index is 12.2. The number of amides is 1. The molecule has 0 saturated heterocycles. The largest absolute Gasteiger partial charge is 0.415 e. The van der Waals surface area contributed by atoms with Crippen molar-refractivity contribution < 1.29 is 18.0 Å². The van der Waals surface area contributed by atoms with Crippen LogP contribution in [0.3, 0.4) is 0 Å². The van der Waals surface area contributed by atoms with E-state index in [1.807, 2.05) is 5.32 Å². The lowest BCUT2D eigenvalue weighted by molar-refractivity contribution is -0.187. The Labute approximate surface area is 87.7 Å². The first-order valence-electron chi connectivity index (χ1n) is 3.56. The first-order chi connectivity index (χ1) is 6.09. The average Bonchev–Trinajstić information content (AvgIpc) is 1.97. The van der Waals surface area contributed by atoms with Crippen LogP contribution in [0.1, 0.15) is 6.92 Å². The predicted molar refractivity (Wildman–Crippen MR) is 49.7 cm³/mol. The first-order valence-corrected chi connectivity index (χ1v) is 4.35. The minimum absolute atomic E-state index is 0.0955. The number of rotatable bonds is 3. The predicted octanol–water partition coefficient (Wildman–Crippen LogP) is 1.29. The summed E-state index contributed by atoms with van der Waals surface area (Å²) in [6.07, 6.45) is -4.77. The van der Waals surface area contributed by atoms with Crippen LogP contribution in [-0.2, 0) is 4.79 Å². The molecule has 0 bridgehead atoms. The van der Waals surface area contributed by atoms with Crippen LogP contribution in [0.5, 0.6) is 0 Å². The lowest BCUT2D eigenvalue weighted by Crippen LogP contribution is -2.61. The number of hydrogen-bond acceptors (Lipinski definition) is 2. The molecular weight excluding hydrogens is 265 g/mol. The molecule has 1 unspecified atom stereocenters. The second kappa shape index (κ2) is 4.31. The Hall–Kier alpha value is -0.560. The van der Waals surface area contributed by atoms with Gasteiger partial charge in [0.05, 0.1) is 0 Å². The van der Waals surface area contributed by atoms with Crippen molar-refractivity contribution in [3.05, 3.63) is 11.1 Å². The lowest BCUT2D eigenvalue weighted by atomic mass is 10.0. The third kappa shape index (κ3) is 3.30. The van der Waals surface area contributed by atoms with Gasteiger partial charge in [-0.25, -0.2) is 0 Å². The molecule has 0 aliphatic heterocycles. The highest BCUT2D eigenvalue weighted by Gasteiger charge is 2.53. The van der Waals surface area contributed by atoms with E-state index in [0.717, 1.165) is 0 Å². The van der Waals surface area contributed by atoms with Crippen molar-refractivity contribution in [1.82, 2.24) is 5.32 Å². The smallest absolute Gasteiger partial charge is 0.350 e. The summed E-state index contributed by atoms with van der Waals surface area (Å²) >= 11 is 2.89. The summed E-state index contributed by atoms with van der Waals surface area (Å²) in [5.41, 5.74) is 1.96. The van der Waals surface area contributed by atoms with Crippen LogP contribution in [-0.4, -0.2) is 24.2 Å². The van der Waals surface area contributed by atoms with Gasteiger partial charge in [0, 0.05) is 11.0 Å². The average molecular weight is 275 g/mol. The van der Waals surface area contributed by atoms with Crippen LogP contribution >= 0.6 is 15.9 Å². The molecule has 0 aromatic carbocycles. The summed E-state index contributed by atoms with van der Waals surface area (Å²) in [6.45, 7) is 3.87. The van der Waals surface area contributed by atoms with Crippen molar-refractivity contribution in [2.75, 3.05) is 6.54 Å². The molecule has 0 aromatic rings. The maximum Gasteiger partial charge on any atom is 0.415 e. The number of carbonyl (C=O) groups excluding carboxylic acids is 1. The fourth-order valence-electron chi connectivity index (χ4n) is 0.489. The van der Waals surface area contributed by atoms with Crippen LogP contribution in [0.25, 0.3) is 0 Å². The topological polar surface area (TPSA) is 55.1 Å². The van der Waals surface area contributed by atoms with Crippen molar-refractivity contribution >= 4 is 21.8 Å². The second-order valence-electron chi connectivity index (χ2n) is 2.90. The highest BCUT2D eigenvalue weighted by molar-refractivity contribution is 9.11. The molecule has 14 heavy (non-hydrogen) atoms. The van der Waals surface area contributed by atoms with Crippen molar-refractivity contribution in [2.24, 2.45) is 5.73 Å². The van der Waals surface area contributed by atoms with E-state index >= 15 is 0 Å². The normalized spacial score (nSPS) is 15.9. The minimum Gasteiger partial charge on any atom is -0.350 e. The number of alkyl halides is 3. The molecule has 1 amide bonds. The number of carbonyl (C=O) groups is 1. The Morgan fingerprint density at radius 2 is 2.00 bits per heavy atom. The van der Waals surface area contributed by atoms with Gasteiger partial charge in [0.2, 0.25) is 5.91 Å². The quantitative estimate of drug-likeness (QED) is 0.815. The summed E-state index contributed by atoms with van der Waals surface area (Å²) in [4.78, 5) is 11.0. The van der Waals surface area contributed by atoms with Gasteiger partial charge >= 0.3 is 6.18 Å². The zero-order valence-electron chi connectivity index (χ0n) is 7.41. The monoisotopic (exact) mass is 274 g/mol.